The van der Waals surface area contributed by atoms with Crippen molar-refractivity contribution in [3.05, 3.63) is 35.9 Å². The predicted octanol–water partition coefficient (Wildman–Crippen LogP) is 1.56. The Kier molecular flexibility index (Phi) is 4.67. The molecule has 0 heterocycles. The fourth-order valence-corrected chi connectivity index (χ4v) is 1.62. The lowest BCUT2D eigenvalue weighted by Crippen LogP contribution is -2.37. The summed E-state index contributed by atoms with van der Waals surface area (Å²) in [6, 6.07) is 8.24. The van der Waals surface area contributed by atoms with E-state index in [-0.39, 0.29) is 0 Å². The Morgan fingerprint density at radius 3 is 2.11 bits per heavy atom. The van der Waals surface area contributed by atoms with Crippen molar-refractivity contribution < 1.29 is 24.5 Å². The number of aliphatic hydroxyl groups is 1. The summed E-state index contributed by atoms with van der Waals surface area (Å²) >= 11 is 0. The molecule has 0 radical (unpaired) electrons. The van der Waals surface area contributed by atoms with Gasteiger partial charge in [0.1, 0.15) is 11.5 Å². The molecule has 0 aromatic heterocycles. The molecule has 0 bridgehead atoms. The molecule has 0 aliphatic heterocycles. The summed E-state index contributed by atoms with van der Waals surface area (Å²) < 4.78 is 5.16. The van der Waals surface area contributed by atoms with Gasteiger partial charge in [-0.1, -0.05) is 30.3 Å². The summed E-state index contributed by atoms with van der Waals surface area (Å²) in [4.78, 5) is 23.0. The summed E-state index contributed by atoms with van der Waals surface area (Å²) in [5.41, 5.74) is -0.339. The van der Waals surface area contributed by atoms with Crippen LogP contribution in [0, 0.1) is 0 Å². The zero-order valence-corrected chi connectivity index (χ0v) is 11.2. The average Bonchev–Trinajstić information content (AvgIpc) is 2.28. The standard InChI is InChI=1S/C14H18O5/c1-14(2,3)19-13(18)10(11(15)12(16)17)9-7-5-4-6-8-9/h4-8,10-11,15H,1-3H3,(H,16,17)/t10-,11+/m0/s1. The van der Waals surface area contributed by atoms with Crippen LogP contribution in [-0.2, 0) is 14.3 Å². The number of carboxylic acid groups (broad SMARTS) is 1. The number of ether oxygens (including phenoxy) is 1. The Morgan fingerprint density at radius 1 is 1.16 bits per heavy atom. The zero-order chi connectivity index (χ0) is 14.6. The molecule has 0 aliphatic carbocycles. The van der Waals surface area contributed by atoms with Gasteiger partial charge < -0.3 is 14.9 Å². The third-order valence-electron chi connectivity index (χ3n) is 2.39. The highest BCUT2D eigenvalue weighted by Gasteiger charge is 2.36. The molecule has 2 atom stereocenters. The molecule has 104 valence electrons. The lowest BCUT2D eigenvalue weighted by molar-refractivity contribution is -0.165. The van der Waals surface area contributed by atoms with Crippen molar-refractivity contribution in [3.63, 3.8) is 0 Å². The molecule has 1 aromatic rings. The van der Waals surface area contributed by atoms with Crippen molar-refractivity contribution in [3.8, 4) is 0 Å². The molecule has 1 aromatic carbocycles. The third-order valence-corrected chi connectivity index (χ3v) is 2.39. The van der Waals surface area contributed by atoms with E-state index in [0.29, 0.717) is 5.56 Å². The van der Waals surface area contributed by atoms with Crippen LogP contribution in [0.1, 0.15) is 32.3 Å². The van der Waals surface area contributed by atoms with E-state index in [2.05, 4.69) is 0 Å². The first kappa shape index (κ1) is 15.2. The van der Waals surface area contributed by atoms with E-state index in [1.807, 2.05) is 0 Å². The Labute approximate surface area is 111 Å². The minimum Gasteiger partial charge on any atom is -0.479 e. The maximum absolute atomic E-state index is 12.1. The third kappa shape index (κ3) is 4.37. The molecule has 0 spiro atoms. The fourth-order valence-electron chi connectivity index (χ4n) is 1.62. The van der Waals surface area contributed by atoms with Crippen molar-refractivity contribution >= 4 is 11.9 Å². The van der Waals surface area contributed by atoms with Crippen LogP contribution < -0.4 is 0 Å². The molecular formula is C14H18O5. The first-order valence-electron chi connectivity index (χ1n) is 5.91. The normalized spacial score (nSPS) is 14.5. The van der Waals surface area contributed by atoms with Gasteiger partial charge in [0.15, 0.2) is 6.10 Å². The van der Waals surface area contributed by atoms with E-state index in [0.717, 1.165) is 0 Å². The molecule has 0 saturated carbocycles. The minimum atomic E-state index is -1.84. The number of hydrogen-bond donors (Lipinski definition) is 2. The smallest absolute Gasteiger partial charge is 0.333 e. The summed E-state index contributed by atoms with van der Waals surface area (Å²) in [6.07, 6.45) is -1.84. The molecule has 0 saturated heterocycles. The van der Waals surface area contributed by atoms with Crippen LogP contribution in [0.25, 0.3) is 0 Å². The Balaban J connectivity index is 3.07. The van der Waals surface area contributed by atoms with E-state index in [9.17, 15) is 14.7 Å². The molecular weight excluding hydrogens is 248 g/mol. The largest absolute Gasteiger partial charge is 0.479 e. The summed E-state index contributed by atoms with van der Waals surface area (Å²) in [5, 5.41) is 18.6. The highest BCUT2D eigenvalue weighted by molar-refractivity contribution is 5.87. The van der Waals surface area contributed by atoms with Crippen molar-refractivity contribution in [2.24, 2.45) is 0 Å². The van der Waals surface area contributed by atoms with Crippen molar-refractivity contribution in [2.75, 3.05) is 0 Å². The monoisotopic (exact) mass is 266 g/mol. The number of rotatable bonds is 4. The second kappa shape index (κ2) is 5.84. The molecule has 5 nitrogen and oxygen atoms in total. The maximum Gasteiger partial charge on any atom is 0.333 e. The van der Waals surface area contributed by atoms with E-state index >= 15 is 0 Å². The van der Waals surface area contributed by atoms with Crippen LogP contribution in [-0.4, -0.2) is 33.9 Å². The van der Waals surface area contributed by atoms with Crippen LogP contribution in [0.3, 0.4) is 0 Å². The summed E-state index contributed by atoms with van der Waals surface area (Å²) in [5.74, 6) is -3.45. The topological polar surface area (TPSA) is 83.8 Å². The molecule has 0 amide bonds. The van der Waals surface area contributed by atoms with Gasteiger partial charge in [-0.25, -0.2) is 4.79 Å². The second-order valence-electron chi connectivity index (χ2n) is 5.20. The van der Waals surface area contributed by atoms with Crippen LogP contribution in [0.5, 0.6) is 0 Å². The number of carbonyl (C=O) groups is 2. The zero-order valence-electron chi connectivity index (χ0n) is 11.2. The molecule has 0 unspecified atom stereocenters. The van der Waals surface area contributed by atoms with Gasteiger partial charge in [0.25, 0.3) is 0 Å². The van der Waals surface area contributed by atoms with Gasteiger partial charge in [-0.05, 0) is 26.3 Å². The Hall–Kier alpha value is -1.88. The van der Waals surface area contributed by atoms with Crippen LogP contribution >= 0.6 is 0 Å². The van der Waals surface area contributed by atoms with Crippen LogP contribution in [0.15, 0.2) is 30.3 Å². The lowest BCUT2D eigenvalue weighted by Gasteiger charge is -2.25. The maximum atomic E-state index is 12.1. The van der Waals surface area contributed by atoms with Crippen LogP contribution in [0.4, 0.5) is 0 Å². The minimum absolute atomic E-state index is 0.409. The lowest BCUT2D eigenvalue weighted by atomic mass is 9.93. The number of hydrogen-bond acceptors (Lipinski definition) is 4. The quantitative estimate of drug-likeness (QED) is 0.808. The first-order chi connectivity index (χ1) is 8.72. The Bertz CT molecular complexity index is 447. The SMILES string of the molecule is CC(C)(C)OC(=O)[C@@H](c1ccccc1)[C@@H](O)C(=O)O. The van der Waals surface area contributed by atoms with Crippen molar-refractivity contribution in [1.29, 1.82) is 0 Å². The molecule has 19 heavy (non-hydrogen) atoms. The van der Waals surface area contributed by atoms with E-state index in [1.165, 1.54) is 0 Å². The van der Waals surface area contributed by atoms with Gasteiger partial charge in [-0.3, -0.25) is 4.79 Å². The van der Waals surface area contributed by atoms with Crippen molar-refractivity contribution in [2.45, 2.75) is 38.4 Å². The number of benzene rings is 1. The van der Waals surface area contributed by atoms with Gasteiger partial charge in [0.05, 0.1) is 0 Å². The average molecular weight is 266 g/mol. The highest BCUT2D eigenvalue weighted by Crippen LogP contribution is 2.24. The van der Waals surface area contributed by atoms with Crippen LogP contribution in [0.2, 0.25) is 0 Å². The fraction of sp³-hybridized carbons (Fsp3) is 0.429. The van der Waals surface area contributed by atoms with Gasteiger partial charge >= 0.3 is 11.9 Å². The first-order valence-corrected chi connectivity index (χ1v) is 5.91. The number of carbonyl (C=O) groups excluding carboxylic acids is 1. The predicted molar refractivity (Wildman–Crippen MR) is 68.7 cm³/mol. The number of aliphatic hydroxyl groups excluding tert-OH is 1. The van der Waals surface area contributed by atoms with E-state index < -0.39 is 29.6 Å². The molecule has 0 fully saturated rings. The highest BCUT2D eigenvalue weighted by atomic mass is 16.6. The van der Waals surface area contributed by atoms with Gasteiger partial charge in [0, 0.05) is 0 Å². The van der Waals surface area contributed by atoms with Gasteiger partial charge in [0.2, 0.25) is 0 Å². The summed E-state index contributed by atoms with van der Waals surface area (Å²) in [7, 11) is 0. The van der Waals surface area contributed by atoms with Gasteiger partial charge in [-0.2, -0.15) is 0 Å². The van der Waals surface area contributed by atoms with E-state index in [4.69, 9.17) is 9.84 Å². The molecule has 2 N–H and O–H groups in total. The Morgan fingerprint density at radius 2 is 1.68 bits per heavy atom. The molecule has 0 aliphatic rings. The molecule has 1 rings (SSSR count). The number of aliphatic carboxylic acids is 1. The van der Waals surface area contributed by atoms with Crippen molar-refractivity contribution in [1.82, 2.24) is 0 Å². The van der Waals surface area contributed by atoms with E-state index in [1.54, 1.807) is 51.1 Å². The summed E-state index contributed by atoms with van der Waals surface area (Å²) in [6.45, 7) is 5.04. The van der Waals surface area contributed by atoms with Gasteiger partial charge in [-0.15, -0.1) is 0 Å². The number of esters is 1. The second-order valence-corrected chi connectivity index (χ2v) is 5.20. The molecule has 5 heteroatoms. The number of carboxylic acids is 1.